The van der Waals surface area contributed by atoms with Gasteiger partial charge in [0, 0.05) is 19.2 Å². The number of hydrogen-bond acceptors (Lipinski definition) is 4. The fourth-order valence-electron chi connectivity index (χ4n) is 3.90. The molecule has 168 valence electrons. The summed E-state index contributed by atoms with van der Waals surface area (Å²) in [6, 6.07) is 19.8. The molecule has 0 bridgehead atoms. The minimum absolute atomic E-state index is 0.191. The Morgan fingerprint density at radius 1 is 0.970 bits per heavy atom. The first-order valence-electron chi connectivity index (χ1n) is 10.5. The van der Waals surface area contributed by atoms with E-state index >= 15 is 0 Å². The van der Waals surface area contributed by atoms with Crippen LogP contribution in [0.3, 0.4) is 0 Å². The number of imide groups is 1. The molecule has 0 aliphatic carbocycles. The number of hydrogen-bond donors (Lipinski definition) is 3. The summed E-state index contributed by atoms with van der Waals surface area (Å²) >= 11 is 0. The summed E-state index contributed by atoms with van der Waals surface area (Å²) in [4.78, 5) is 50.4. The average Bonchev–Trinajstić information content (AvgIpc) is 3.01. The van der Waals surface area contributed by atoms with Gasteiger partial charge in [0.25, 0.3) is 5.91 Å². The Hall–Kier alpha value is -4.20. The summed E-state index contributed by atoms with van der Waals surface area (Å²) in [6.07, 6.45) is 0. The Morgan fingerprint density at radius 3 is 2.48 bits per heavy atom. The first kappa shape index (κ1) is 22.0. The van der Waals surface area contributed by atoms with Crippen molar-refractivity contribution in [2.24, 2.45) is 0 Å². The lowest BCUT2D eigenvalue weighted by Crippen LogP contribution is -2.43. The summed E-state index contributed by atoms with van der Waals surface area (Å²) in [7, 11) is 0. The van der Waals surface area contributed by atoms with E-state index in [1.807, 2.05) is 42.5 Å². The molecular weight excluding hydrogens is 420 g/mol. The van der Waals surface area contributed by atoms with Crippen LogP contribution in [0.2, 0.25) is 0 Å². The van der Waals surface area contributed by atoms with E-state index in [4.69, 9.17) is 0 Å². The highest BCUT2D eigenvalue weighted by Gasteiger charge is 2.49. The maximum atomic E-state index is 13.2. The second-order valence-corrected chi connectivity index (χ2v) is 8.17. The third kappa shape index (κ3) is 4.55. The zero-order chi connectivity index (χ0) is 23.6. The van der Waals surface area contributed by atoms with Gasteiger partial charge in [-0.25, -0.2) is 4.79 Å². The second-order valence-electron chi connectivity index (χ2n) is 8.17. The second kappa shape index (κ2) is 8.74. The van der Waals surface area contributed by atoms with Gasteiger partial charge in [-0.3, -0.25) is 19.3 Å². The maximum absolute atomic E-state index is 13.2. The lowest BCUT2D eigenvalue weighted by atomic mass is 9.90. The molecular formula is C25H24N4O4. The molecule has 3 N–H and O–H groups in total. The van der Waals surface area contributed by atoms with E-state index in [0.717, 1.165) is 21.2 Å². The van der Waals surface area contributed by atoms with Gasteiger partial charge in [-0.2, -0.15) is 0 Å². The number of urea groups is 1. The molecule has 1 aliphatic heterocycles. The van der Waals surface area contributed by atoms with Gasteiger partial charge in [-0.15, -0.1) is 0 Å². The molecule has 1 unspecified atom stereocenters. The third-order valence-corrected chi connectivity index (χ3v) is 5.64. The molecule has 1 aliphatic rings. The summed E-state index contributed by atoms with van der Waals surface area (Å²) < 4.78 is 0. The van der Waals surface area contributed by atoms with Gasteiger partial charge in [0.1, 0.15) is 12.1 Å². The smallest absolute Gasteiger partial charge is 0.325 e. The van der Waals surface area contributed by atoms with Gasteiger partial charge >= 0.3 is 6.03 Å². The molecule has 0 radical (unpaired) electrons. The van der Waals surface area contributed by atoms with Crippen LogP contribution in [-0.4, -0.2) is 35.2 Å². The van der Waals surface area contributed by atoms with Crippen LogP contribution in [0.15, 0.2) is 66.7 Å². The van der Waals surface area contributed by atoms with Crippen molar-refractivity contribution in [3.05, 3.63) is 77.9 Å². The molecule has 3 aromatic carbocycles. The quantitative estimate of drug-likeness (QED) is 0.508. The van der Waals surface area contributed by atoms with Crippen molar-refractivity contribution < 1.29 is 19.2 Å². The minimum Gasteiger partial charge on any atom is -0.350 e. The topological polar surface area (TPSA) is 108 Å². The highest BCUT2D eigenvalue weighted by atomic mass is 16.2. The number of carbonyl (C=O) groups excluding carboxylic acids is 4. The molecule has 0 spiro atoms. The zero-order valence-electron chi connectivity index (χ0n) is 18.3. The molecule has 0 aromatic heterocycles. The van der Waals surface area contributed by atoms with E-state index in [1.54, 1.807) is 31.2 Å². The highest BCUT2D eigenvalue weighted by Crippen LogP contribution is 2.30. The first-order chi connectivity index (χ1) is 15.8. The van der Waals surface area contributed by atoms with E-state index in [2.05, 4.69) is 16.0 Å². The number of fused-ring (bicyclic) bond motifs is 1. The molecule has 8 heteroatoms. The Kier molecular flexibility index (Phi) is 5.83. The van der Waals surface area contributed by atoms with Gasteiger partial charge in [0.2, 0.25) is 11.8 Å². The van der Waals surface area contributed by atoms with E-state index < -0.39 is 23.4 Å². The van der Waals surface area contributed by atoms with Gasteiger partial charge in [0.15, 0.2) is 0 Å². The molecule has 5 amide bonds. The average molecular weight is 444 g/mol. The summed E-state index contributed by atoms with van der Waals surface area (Å²) in [6.45, 7) is 2.86. The SMILES string of the molecule is CC(=O)Nc1cccc(CNC(=O)CN2C(=O)NC(C)(c3ccc4ccccc4c3)C2=O)c1. The van der Waals surface area contributed by atoms with Gasteiger partial charge in [-0.05, 0) is 47.0 Å². The predicted molar refractivity (Wildman–Crippen MR) is 124 cm³/mol. The number of nitrogens with zero attached hydrogens (tertiary/aromatic N) is 1. The molecule has 3 aromatic rings. The van der Waals surface area contributed by atoms with E-state index in [-0.39, 0.29) is 19.0 Å². The van der Waals surface area contributed by atoms with Crippen molar-refractivity contribution in [3.8, 4) is 0 Å². The monoisotopic (exact) mass is 444 g/mol. The van der Waals surface area contributed by atoms with Crippen LogP contribution in [0, 0.1) is 0 Å². The predicted octanol–water partition coefficient (Wildman–Crippen LogP) is 2.88. The molecule has 1 atom stereocenters. The lowest BCUT2D eigenvalue weighted by Gasteiger charge is -2.22. The normalized spacial score (nSPS) is 17.7. The summed E-state index contributed by atoms with van der Waals surface area (Å²) in [5.74, 6) is -1.14. The largest absolute Gasteiger partial charge is 0.350 e. The van der Waals surface area contributed by atoms with Crippen LogP contribution in [0.5, 0.6) is 0 Å². The number of amides is 5. The van der Waals surface area contributed by atoms with Crippen LogP contribution >= 0.6 is 0 Å². The number of carbonyl (C=O) groups is 4. The van der Waals surface area contributed by atoms with Crippen molar-refractivity contribution in [1.82, 2.24) is 15.5 Å². The third-order valence-electron chi connectivity index (χ3n) is 5.64. The van der Waals surface area contributed by atoms with Crippen molar-refractivity contribution in [1.29, 1.82) is 0 Å². The minimum atomic E-state index is -1.26. The Labute approximate surface area is 191 Å². The Balaban J connectivity index is 1.43. The van der Waals surface area contributed by atoms with Crippen molar-refractivity contribution in [2.45, 2.75) is 25.9 Å². The van der Waals surface area contributed by atoms with Gasteiger partial charge in [0.05, 0.1) is 0 Å². The molecule has 0 saturated carbocycles. The highest BCUT2D eigenvalue weighted by molar-refractivity contribution is 6.09. The van der Waals surface area contributed by atoms with Gasteiger partial charge < -0.3 is 16.0 Å². The standard InChI is InChI=1S/C25H24N4O4/c1-16(30)27-21-9-5-6-17(12-21)14-26-22(31)15-29-23(32)25(2,28-24(29)33)20-11-10-18-7-3-4-8-19(18)13-20/h3-13H,14-15H2,1-2H3,(H,26,31)(H,27,30)(H,28,33). The number of nitrogens with one attached hydrogen (secondary N) is 3. The van der Waals surface area contributed by atoms with Crippen LogP contribution in [-0.2, 0) is 26.5 Å². The molecule has 1 saturated heterocycles. The van der Waals surface area contributed by atoms with E-state index in [9.17, 15) is 19.2 Å². The van der Waals surface area contributed by atoms with E-state index in [0.29, 0.717) is 11.3 Å². The number of rotatable bonds is 6. The lowest BCUT2D eigenvalue weighted by molar-refractivity contribution is -0.134. The first-order valence-corrected chi connectivity index (χ1v) is 10.5. The number of benzene rings is 3. The van der Waals surface area contributed by atoms with Crippen molar-refractivity contribution in [2.75, 3.05) is 11.9 Å². The zero-order valence-corrected chi connectivity index (χ0v) is 18.3. The fraction of sp³-hybridized carbons (Fsp3) is 0.200. The maximum Gasteiger partial charge on any atom is 0.325 e. The van der Waals surface area contributed by atoms with Crippen LogP contribution < -0.4 is 16.0 Å². The fourth-order valence-corrected chi connectivity index (χ4v) is 3.90. The summed E-state index contributed by atoms with van der Waals surface area (Å²) in [5, 5.41) is 10.1. The summed E-state index contributed by atoms with van der Waals surface area (Å²) in [5.41, 5.74) is 0.785. The molecule has 1 heterocycles. The van der Waals surface area contributed by atoms with Crippen LogP contribution in [0.1, 0.15) is 25.0 Å². The Morgan fingerprint density at radius 2 is 1.73 bits per heavy atom. The van der Waals surface area contributed by atoms with E-state index in [1.165, 1.54) is 6.92 Å². The number of anilines is 1. The molecule has 1 fully saturated rings. The van der Waals surface area contributed by atoms with Crippen molar-refractivity contribution in [3.63, 3.8) is 0 Å². The van der Waals surface area contributed by atoms with Crippen LogP contribution in [0.25, 0.3) is 10.8 Å². The van der Waals surface area contributed by atoms with Crippen molar-refractivity contribution >= 4 is 40.2 Å². The molecule has 33 heavy (non-hydrogen) atoms. The van der Waals surface area contributed by atoms with Gasteiger partial charge in [-0.1, -0.05) is 48.5 Å². The molecule has 4 rings (SSSR count). The molecule has 8 nitrogen and oxygen atoms in total. The Bertz CT molecular complexity index is 1270. The van der Waals surface area contributed by atoms with Crippen LogP contribution in [0.4, 0.5) is 10.5 Å².